The monoisotopic (exact) mass is 210 g/mol. The molecule has 0 aliphatic carbocycles. The summed E-state index contributed by atoms with van der Waals surface area (Å²) in [5.74, 6) is 0. The van der Waals surface area contributed by atoms with Gasteiger partial charge in [0.2, 0.25) is 0 Å². The Morgan fingerprint density at radius 2 is 2.09 bits per heavy atom. The predicted octanol–water partition coefficient (Wildman–Crippen LogP) is 0.170. The van der Waals surface area contributed by atoms with Crippen molar-refractivity contribution in [1.29, 1.82) is 0 Å². The third-order valence-corrected chi connectivity index (χ3v) is 1.30. The molecule has 1 aromatic heterocycles. The average molecular weight is 211 g/mol. The first kappa shape index (κ1) is 17.8. The van der Waals surface area contributed by atoms with Gasteiger partial charge in [0.1, 0.15) is 0 Å². The van der Waals surface area contributed by atoms with Crippen molar-refractivity contribution >= 4 is 11.3 Å². The summed E-state index contributed by atoms with van der Waals surface area (Å²) in [5, 5.41) is 4.89. The zero-order chi connectivity index (χ0) is 6.95. The van der Waals surface area contributed by atoms with Crippen LogP contribution in [0, 0.1) is 12.3 Å². The van der Waals surface area contributed by atoms with Crippen molar-refractivity contribution in [1.82, 2.24) is 0 Å². The molecular formula is C8H12CuLiS. The van der Waals surface area contributed by atoms with Gasteiger partial charge < -0.3 is 18.3 Å². The van der Waals surface area contributed by atoms with E-state index in [1.165, 1.54) is 6.42 Å². The van der Waals surface area contributed by atoms with Crippen molar-refractivity contribution < 1.29 is 35.9 Å². The standard InChI is InChI=1S/C4H3S.C4H9.Cu.Li/c1-2-4-5-3-1;1-3-4-2;;/h1-3H;1,3-4H2,2H3;;/q2*-1;2*+1. The zero-order valence-corrected chi connectivity index (χ0v) is 8.82. The number of rotatable bonds is 1. The first-order valence-corrected chi connectivity index (χ1v) is 3.98. The molecule has 0 aliphatic rings. The number of thiophene rings is 1. The summed E-state index contributed by atoms with van der Waals surface area (Å²) in [7, 11) is 0. The molecule has 0 N–H and O–H groups in total. The molecule has 0 fully saturated rings. The molecule has 62 valence electrons. The van der Waals surface area contributed by atoms with E-state index in [2.05, 4.69) is 19.2 Å². The Balaban J connectivity index is -0.000000101. The fraction of sp³-hybridized carbons (Fsp3) is 0.375. The normalized spacial score (nSPS) is 6.36. The summed E-state index contributed by atoms with van der Waals surface area (Å²) < 4.78 is 0. The van der Waals surface area contributed by atoms with Crippen LogP contribution in [0.2, 0.25) is 0 Å². The summed E-state index contributed by atoms with van der Waals surface area (Å²) in [6, 6.07) is 3.86. The fourth-order valence-electron chi connectivity index (χ4n) is 0.196. The van der Waals surface area contributed by atoms with Gasteiger partial charge in [0.15, 0.2) is 0 Å². The molecule has 0 saturated heterocycles. The topological polar surface area (TPSA) is 0 Å². The van der Waals surface area contributed by atoms with E-state index in [0.717, 1.165) is 6.42 Å². The Morgan fingerprint density at radius 3 is 2.18 bits per heavy atom. The second kappa shape index (κ2) is 17.1. The molecule has 0 bridgehead atoms. The van der Waals surface area contributed by atoms with Gasteiger partial charge in [0.05, 0.1) is 0 Å². The minimum absolute atomic E-state index is 0. The van der Waals surface area contributed by atoms with Crippen LogP contribution in [0.15, 0.2) is 17.5 Å². The second-order valence-corrected chi connectivity index (χ2v) is 2.33. The van der Waals surface area contributed by atoms with E-state index in [0.29, 0.717) is 0 Å². The first-order chi connectivity index (χ1) is 4.41. The number of unbranched alkanes of at least 4 members (excludes halogenated alkanes) is 1. The number of hydrogen-bond acceptors (Lipinski definition) is 1. The smallest absolute Gasteiger partial charge is 0.343 e. The Bertz CT molecular complexity index is 89.6. The van der Waals surface area contributed by atoms with Gasteiger partial charge in [-0.05, 0) is 0 Å². The van der Waals surface area contributed by atoms with Gasteiger partial charge >= 0.3 is 35.9 Å². The summed E-state index contributed by atoms with van der Waals surface area (Å²) in [4.78, 5) is 0. The zero-order valence-electron chi connectivity index (χ0n) is 7.06. The van der Waals surface area contributed by atoms with E-state index in [-0.39, 0.29) is 35.9 Å². The molecule has 0 amide bonds. The quantitative estimate of drug-likeness (QED) is 0.458. The summed E-state index contributed by atoms with van der Waals surface area (Å²) in [5.41, 5.74) is 0. The van der Waals surface area contributed by atoms with E-state index in [4.69, 9.17) is 0 Å². The Kier molecular flexibility index (Phi) is 27.6. The third kappa shape index (κ3) is 18.1. The van der Waals surface area contributed by atoms with Gasteiger partial charge in [-0.1, -0.05) is 13.3 Å². The summed E-state index contributed by atoms with van der Waals surface area (Å²) in [6.45, 7) is 5.72. The van der Waals surface area contributed by atoms with Gasteiger partial charge in [-0.15, -0.1) is 5.38 Å². The molecule has 0 aliphatic heterocycles. The minimum atomic E-state index is 0. The summed E-state index contributed by atoms with van der Waals surface area (Å²) >= 11 is 1.59. The molecule has 1 aromatic rings. The maximum atomic E-state index is 3.60. The fourth-order valence-corrected chi connectivity index (χ4v) is 0.589. The Labute approximate surface area is 96.4 Å². The molecule has 0 aromatic carbocycles. The van der Waals surface area contributed by atoms with Gasteiger partial charge in [0, 0.05) is 0 Å². The average Bonchev–Trinajstić information content (AvgIpc) is 2.43. The third-order valence-electron chi connectivity index (χ3n) is 0.732. The predicted molar refractivity (Wildman–Crippen MR) is 43.4 cm³/mol. The molecule has 11 heavy (non-hydrogen) atoms. The van der Waals surface area contributed by atoms with Crippen LogP contribution in [0.5, 0.6) is 0 Å². The molecule has 0 spiro atoms. The van der Waals surface area contributed by atoms with Gasteiger partial charge in [0.25, 0.3) is 0 Å². The van der Waals surface area contributed by atoms with E-state index in [1.807, 2.05) is 17.5 Å². The van der Waals surface area contributed by atoms with Crippen molar-refractivity contribution in [3.8, 4) is 0 Å². The largest absolute Gasteiger partial charge is 1.00 e. The van der Waals surface area contributed by atoms with Crippen molar-refractivity contribution in [2.75, 3.05) is 0 Å². The van der Waals surface area contributed by atoms with E-state index in [9.17, 15) is 0 Å². The van der Waals surface area contributed by atoms with Crippen LogP contribution in [-0.2, 0) is 17.1 Å². The van der Waals surface area contributed by atoms with Crippen LogP contribution in [0.25, 0.3) is 0 Å². The van der Waals surface area contributed by atoms with E-state index >= 15 is 0 Å². The molecule has 0 atom stereocenters. The Morgan fingerprint density at radius 1 is 1.55 bits per heavy atom. The maximum absolute atomic E-state index is 3.60. The first-order valence-electron chi connectivity index (χ1n) is 3.10. The van der Waals surface area contributed by atoms with Crippen LogP contribution in [0.4, 0.5) is 0 Å². The molecule has 0 saturated carbocycles. The van der Waals surface area contributed by atoms with Crippen molar-refractivity contribution in [3.05, 3.63) is 29.8 Å². The Hall–Kier alpha value is 0.817. The van der Waals surface area contributed by atoms with Gasteiger partial charge in [-0.2, -0.15) is 17.9 Å². The molecule has 1 heterocycles. The van der Waals surface area contributed by atoms with Crippen LogP contribution in [0.3, 0.4) is 0 Å². The van der Waals surface area contributed by atoms with Gasteiger partial charge in [-0.3, -0.25) is 0 Å². The van der Waals surface area contributed by atoms with Crippen LogP contribution in [0.1, 0.15) is 19.8 Å². The second-order valence-electron chi connectivity index (χ2n) is 1.58. The molecular weight excluding hydrogens is 199 g/mol. The van der Waals surface area contributed by atoms with Crippen LogP contribution >= 0.6 is 11.3 Å². The molecule has 3 heteroatoms. The van der Waals surface area contributed by atoms with Crippen molar-refractivity contribution in [2.45, 2.75) is 19.8 Å². The van der Waals surface area contributed by atoms with E-state index in [1.54, 1.807) is 11.3 Å². The molecule has 0 unspecified atom stereocenters. The van der Waals surface area contributed by atoms with E-state index < -0.39 is 0 Å². The van der Waals surface area contributed by atoms with Crippen LogP contribution < -0.4 is 18.9 Å². The molecule has 0 radical (unpaired) electrons. The molecule has 1 rings (SSSR count). The van der Waals surface area contributed by atoms with Gasteiger partial charge in [-0.25, -0.2) is 6.07 Å². The number of hydrogen-bond donors (Lipinski definition) is 0. The maximum Gasteiger partial charge on any atom is 1.00 e. The molecule has 0 nitrogen and oxygen atoms in total. The summed E-state index contributed by atoms with van der Waals surface area (Å²) in [6.07, 6.45) is 2.28. The van der Waals surface area contributed by atoms with Crippen molar-refractivity contribution in [2.24, 2.45) is 0 Å². The SMILES string of the molecule is [CH2-]CCC.[Cu+].[Li+].[c-]1cccs1. The van der Waals surface area contributed by atoms with Crippen molar-refractivity contribution in [3.63, 3.8) is 0 Å². The minimum Gasteiger partial charge on any atom is -0.343 e. The van der Waals surface area contributed by atoms with Crippen LogP contribution in [-0.4, -0.2) is 0 Å².